The summed E-state index contributed by atoms with van der Waals surface area (Å²) in [5.41, 5.74) is 0.162. The normalized spacial score (nSPS) is 24.7. The van der Waals surface area contributed by atoms with Crippen molar-refractivity contribution in [1.82, 2.24) is 0 Å². The predicted octanol–water partition coefficient (Wildman–Crippen LogP) is 4.24. The van der Waals surface area contributed by atoms with Crippen molar-refractivity contribution in [3.63, 3.8) is 0 Å². The molecule has 6 heteroatoms. The molecule has 1 fully saturated rings. The van der Waals surface area contributed by atoms with Gasteiger partial charge in [0.2, 0.25) is 0 Å². The molecule has 0 heterocycles. The molecule has 2 rings (SSSR count). The quantitative estimate of drug-likeness (QED) is 0.847. The third-order valence-corrected chi connectivity index (χ3v) is 4.16. The summed E-state index contributed by atoms with van der Waals surface area (Å²) in [6, 6.07) is 3.78. The second-order valence-corrected chi connectivity index (χ2v) is 5.44. The number of aliphatic hydroxyl groups is 1. The first-order chi connectivity index (χ1) is 9.84. The lowest BCUT2D eigenvalue weighted by atomic mass is 9.74. The van der Waals surface area contributed by atoms with Crippen molar-refractivity contribution in [1.29, 1.82) is 0 Å². The molecule has 2 nitrogen and oxygen atoms in total. The van der Waals surface area contributed by atoms with Gasteiger partial charge in [-0.15, -0.1) is 0 Å². The molecule has 0 aliphatic heterocycles. The number of hydrogen-bond acceptors (Lipinski definition) is 2. The number of alkyl halides is 3. The molecule has 1 aromatic rings. The Labute approximate surface area is 120 Å². The van der Waals surface area contributed by atoms with Crippen LogP contribution in [0.25, 0.3) is 0 Å². The first-order valence-electron chi connectivity index (χ1n) is 6.93. The van der Waals surface area contributed by atoms with E-state index >= 15 is 0 Å². The molecule has 3 unspecified atom stereocenters. The Morgan fingerprint density at radius 1 is 1.24 bits per heavy atom. The number of aliphatic hydroxyl groups excluding tert-OH is 1. The van der Waals surface area contributed by atoms with Crippen LogP contribution >= 0.6 is 0 Å². The van der Waals surface area contributed by atoms with Crippen LogP contribution in [-0.4, -0.2) is 18.4 Å². The zero-order valence-corrected chi connectivity index (χ0v) is 11.7. The molecule has 1 aromatic carbocycles. The molecular formula is C15H18F4O2. The van der Waals surface area contributed by atoms with E-state index in [9.17, 15) is 22.7 Å². The van der Waals surface area contributed by atoms with E-state index in [-0.39, 0.29) is 17.7 Å². The second kappa shape index (κ2) is 6.22. The van der Waals surface area contributed by atoms with Gasteiger partial charge in [-0.05, 0) is 30.5 Å². The van der Waals surface area contributed by atoms with Crippen LogP contribution in [-0.2, 0) is 0 Å². The van der Waals surface area contributed by atoms with E-state index in [0.717, 1.165) is 6.07 Å². The summed E-state index contributed by atoms with van der Waals surface area (Å²) in [6.07, 6.45) is -4.20. The Kier molecular flexibility index (Phi) is 4.76. The fourth-order valence-electron chi connectivity index (χ4n) is 3.06. The minimum atomic E-state index is -4.34. The maximum absolute atomic E-state index is 13.7. The SMILES string of the molecule is COc1ccc(C(O)C2CCCCC2C(F)(F)F)cc1F. The average molecular weight is 306 g/mol. The minimum Gasteiger partial charge on any atom is -0.494 e. The number of ether oxygens (including phenoxy) is 1. The Hall–Kier alpha value is -1.30. The Balaban J connectivity index is 2.24. The lowest BCUT2D eigenvalue weighted by molar-refractivity contribution is -0.207. The molecule has 1 aliphatic rings. The summed E-state index contributed by atoms with van der Waals surface area (Å²) >= 11 is 0. The molecule has 3 atom stereocenters. The zero-order chi connectivity index (χ0) is 15.6. The van der Waals surface area contributed by atoms with Gasteiger partial charge in [0.25, 0.3) is 0 Å². The smallest absolute Gasteiger partial charge is 0.392 e. The first-order valence-corrected chi connectivity index (χ1v) is 6.93. The van der Waals surface area contributed by atoms with Gasteiger partial charge in [-0.2, -0.15) is 13.2 Å². The molecular weight excluding hydrogens is 288 g/mol. The molecule has 0 amide bonds. The number of halogens is 4. The maximum Gasteiger partial charge on any atom is 0.392 e. The van der Waals surface area contributed by atoms with Crippen LogP contribution < -0.4 is 4.74 Å². The third-order valence-electron chi connectivity index (χ3n) is 4.16. The average Bonchev–Trinajstić information content (AvgIpc) is 2.45. The lowest BCUT2D eigenvalue weighted by Gasteiger charge is -2.36. The van der Waals surface area contributed by atoms with Gasteiger partial charge < -0.3 is 9.84 Å². The summed E-state index contributed by atoms with van der Waals surface area (Å²) in [4.78, 5) is 0. The van der Waals surface area contributed by atoms with Crippen LogP contribution in [0.15, 0.2) is 18.2 Å². The van der Waals surface area contributed by atoms with E-state index < -0.39 is 29.9 Å². The number of rotatable bonds is 3. The second-order valence-electron chi connectivity index (χ2n) is 5.44. The van der Waals surface area contributed by atoms with Crippen molar-refractivity contribution in [2.24, 2.45) is 11.8 Å². The first kappa shape index (κ1) is 16.1. The highest BCUT2D eigenvalue weighted by atomic mass is 19.4. The summed E-state index contributed by atoms with van der Waals surface area (Å²) < 4.78 is 57.6. The van der Waals surface area contributed by atoms with Crippen molar-refractivity contribution in [3.8, 4) is 5.75 Å². The summed E-state index contributed by atoms with van der Waals surface area (Å²) in [5.74, 6) is -3.15. The number of benzene rings is 1. The van der Waals surface area contributed by atoms with Crippen LogP contribution in [0.1, 0.15) is 37.4 Å². The van der Waals surface area contributed by atoms with Gasteiger partial charge in [-0.1, -0.05) is 18.9 Å². The molecule has 1 N–H and O–H groups in total. The van der Waals surface area contributed by atoms with Crippen molar-refractivity contribution in [2.45, 2.75) is 38.0 Å². The minimum absolute atomic E-state index is 0.00182. The Morgan fingerprint density at radius 3 is 2.48 bits per heavy atom. The van der Waals surface area contributed by atoms with E-state index in [1.807, 2.05) is 0 Å². The van der Waals surface area contributed by atoms with Crippen LogP contribution in [0.3, 0.4) is 0 Å². The van der Waals surface area contributed by atoms with Gasteiger partial charge in [0, 0.05) is 5.92 Å². The Morgan fingerprint density at radius 2 is 1.90 bits per heavy atom. The predicted molar refractivity (Wildman–Crippen MR) is 69.4 cm³/mol. The van der Waals surface area contributed by atoms with Gasteiger partial charge in [0.15, 0.2) is 11.6 Å². The molecule has 118 valence electrons. The molecule has 21 heavy (non-hydrogen) atoms. The molecule has 0 aromatic heterocycles. The fourth-order valence-corrected chi connectivity index (χ4v) is 3.06. The van der Waals surface area contributed by atoms with Crippen LogP contribution in [0.5, 0.6) is 5.75 Å². The fraction of sp³-hybridized carbons (Fsp3) is 0.600. The van der Waals surface area contributed by atoms with E-state index in [4.69, 9.17) is 4.74 Å². The van der Waals surface area contributed by atoms with Crippen molar-refractivity contribution >= 4 is 0 Å². The van der Waals surface area contributed by atoms with E-state index in [1.54, 1.807) is 0 Å². The lowest BCUT2D eigenvalue weighted by Crippen LogP contribution is -2.36. The highest BCUT2D eigenvalue weighted by Gasteiger charge is 2.47. The van der Waals surface area contributed by atoms with Crippen molar-refractivity contribution < 1.29 is 27.4 Å². The van der Waals surface area contributed by atoms with Crippen LogP contribution in [0.4, 0.5) is 17.6 Å². The van der Waals surface area contributed by atoms with Gasteiger partial charge >= 0.3 is 6.18 Å². The van der Waals surface area contributed by atoms with Gasteiger partial charge in [-0.3, -0.25) is 0 Å². The monoisotopic (exact) mass is 306 g/mol. The maximum atomic E-state index is 13.7. The molecule has 1 saturated carbocycles. The van der Waals surface area contributed by atoms with E-state index in [1.165, 1.54) is 19.2 Å². The van der Waals surface area contributed by atoms with Gasteiger partial charge in [0.05, 0.1) is 19.1 Å². The number of methoxy groups -OCH3 is 1. The number of hydrogen-bond donors (Lipinski definition) is 1. The largest absolute Gasteiger partial charge is 0.494 e. The highest BCUT2D eigenvalue weighted by Crippen LogP contribution is 2.46. The van der Waals surface area contributed by atoms with Crippen molar-refractivity contribution in [2.75, 3.05) is 7.11 Å². The van der Waals surface area contributed by atoms with E-state index in [2.05, 4.69) is 0 Å². The van der Waals surface area contributed by atoms with Crippen LogP contribution in [0, 0.1) is 17.7 Å². The molecule has 0 bridgehead atoms. The highest BCUT2D eigenvalue weighted by molar-refractivity contribution is 5.30. The van der Waals surface area contributed by atoms with Crippen molar-refractivity contribution in [3.05, 3.63) is 29.6 Å². The van der Waals surface area contributed by atoms with Crippen LogP contribution in [0.2, 0.25) is 0 Å². The zero-order valence-electron chi connectivity index (χ0n) is 11.7. The standard InChI is InChI=1S/C15H18F4O2/c1-21-13-7-6-9(8-12(13)16)14(20)10-4-2-3-5-11(10)15(17,18)19/h6-8,10-11,14,20H,2-5H2,1H3. The molecule has 1 aliphatic carbocycles. The molecule has 0 radical (unpaired) electrons. The summed E-state index contributed by atoms with van der Waals surface area (Å²) in [5, 5.41) is 10.3. The third kappa shape index (κ3) is 3.48. The van der Waals surface area contributed by atoms with Gasteiger partial charge in [0.1, 0.15) is 0 Å². The van der Waals surface area contributed by atoms with E-state index in [0.29, 0.717) is 19.3 Å². The topological polar surface area (TPSA) is 29.5 Å². The van der Waals surface area contributed by atoms with Gasteiger partial charge in [-0.25, -0.2) is 4.39 Å². The molecule has 0 spiro atoms. The summed E-state index contributed by atoms with van der Waals surface area (Å²) in [6.45, 7) is 0. The Bertz CT molecular complexity index is 487. The summed E-state index contributed by atoms with van der Waals surface area (Å²) in [7, 11) is 1.30. The molecule has 0 saturated heterocycles.